The van der Waals surface area contributed by atoms with Crippen LogP contribution in [0.1, 0.15) is 52.0 Å². The van der Waals surface area contributed by atoms with Crippen molar-refractivity contribution in [3.8, 4) is 0 Å². The summed E-state index contributed by atoms with van der Waals surface area (Å²) in [6, 6.07) is 6.53. The number of hydrogen-bond donors (Lipinski definition) is 1. The molecule has 21 heavy (non-hydrogen) atoms. The van der Waals surface area contributed by atoms with Gasteiger partial charge in [-0.3, -0.25) is 4.79 Å². The number of hydrogen-bond acceptors (Lipinski definition) is 1. The van der Waals surface area contributed by atoms with Crippen LogP contribution in [0, 0.1) is 17.2 Å². The number of carbonyl (C=O) groups is 1. The zero-order valence-electron chi connectivity index (χ0n) is 13.3. The van der Waals surface area contributed by atoms with Gasteiger partial charge in [-0.15, -0.1) is 0 Å². The molecule has 3 heteroatoms. The van der Waals surface area contributed by atoms with Crippen LogP contribution in [0.2, 0.25) is 0 Å². The fourth-order valence-corrected chi connectivity index (χ4v) is 3.43. The lowest BCUT2D eigenvalue weighted by atomic mass is 9.69. The number of halogens is 1. The van der Waals surface area contributed by atoms with Gasteiger partial charge in [-0.25, -0.2) is 4.39 Å². The highest BCUT2D eigenvalue weighted by Gasteiger charge is 2.34. The minimum absolute atomic E-state index is 0.00162. The van der Waals surface area contributed by atoms with E-state index in [1.165, 1.54) is 31.4 Å². The summed E-state index contributed by atoms with van der Waals surface area (Å²) in [4.78, 5) is 12.2. The van der Waals surface area contributed by atoms with E-state index in [1.807, 2.05) is 0 Å². The second-order valence-corrected chi connectivity index (χ2v) is 7.24. The van der Waals surface area contributed by atoms with Crippen LogP contribution in [0.15, 0.2) is 24.3 Å². The number of rotatable bonds is 3. The maximum Gasteiger partial charge on any atom is 0.224 e. The molecule has 0 aromatic heterocycles. The van der Waals surface area contributed by atoms with Gasteiger partial charge in [0.1, 0.15) is 5.82 Å². The van der Waals surface area contributed by atoms with Crippen LogP contribution in [-0.2, 0) is 11.2 Å². The molecule has 0 radical (unpaired) electrons. The summed E-state index contributed by atoms with van der Waals surface area (Å²) in [6.45, 7) is 6.73. The average Bonchev–Trinajstić information content (AvgIpc) is 2.37. The highest BCUT2D eigenvalue weighted by atomic mass is 19.1. The largest absolute Gasteiger partial charge is 0.353 e. The molecule has 1 aliphatic rings. The molecule has 1 aromatic carbocycles. The lowest BCUT2D eigenvalue weighted by molar-refractivity contribution is -0.122. The quantitative estimate of drug-likeness (QED) is 0.893. The Morgan fingerprint density at radius 2 is 2.00 bits per heavy atom. The zero-order chi connectivity index (χ0) is 15.5. The molecule has 0 spiro atoms. The Labute approximate surface area is 127 Å². The van der Waals surface area contributed by atoms with Crippen LogP contribution in [0.5, 0.6) is 0 Å². The van der Waals surface area contributed by atoms with Gasteiger partial charge >= 0.3 is 0 Å². The van der Waals surface area contributed by atoms with E-state index in [9.17, 15) is 9.18 Å². The van der Waals surface area contributed by atoms with Crippen molar-refractivity contribution in [3.05, 3.63) is 35.6 Å². The predicted octanol–water partition coefficient (Wildman–Crippen LogP) is 4.09. The Bertz CT molecular complexity index is 492. The number of amides is 1. The first-order valence-electron chi connectivity index (χ1n) is 7.90. The summed E-state index contributed by atoms with van der Waals surface area (Å²) in [5.41, 5.74) is 0.938. The second-order valence-electron chi connectivity index (χ2n) is 7.24. The van der Waals surface area contributed by atoms with Gasteiger partial charge in [0, 0.05) is 6.04 Å². The topological polar surface area (TPSA) is 29.1 Å². The molecule has 1 saturated carbocycles. The van der Waals surface area contributed by atoms with E-state index >= 15 is 0 Å². The van der Waals surface area contributed by atoms with E-state index in [4.69, 9.17) is 0 Å². The molecular formula is C18H26FNO. The van der Waals surface area contributed by atoms with E-state index in [-0.39, 0.29) is 29.6 Å². The van der Waals surface area contributed by atoms with Gasteiger partial charge in [-0.05, 0) is 41.9 Å². The first-order valence-corrected chi connectivity index (χ1v) is 7.90. The normalized spacial score (nSPS) is 22.9. The summed E-state index contributed by atoms with van der Waals surface area (Å²) in [7, 11) is 0. The van der Waals surface area contributed by atoms with Crippen molar-refractivity contribution in [1.29, 1.82) is 0 Å². The van der Waals surface area contributed by atoms with Crippen LogP contribution < -0.4 is 5.32 Å². The Morgan fingerprint density at radius 3 is 2.67 bits per heavy atom. The Kier molecular flexibility index (Phi) is 5.02. The lowest BCUT2D eigenvalue weighted by Gasteiger charge is -2.40. The SMILES string of the molecule is CC(C)(C)C1CCCCC1NC(=O)Cc1cccc(F)c1. The van der Waals surface area contributed by atoms with Crippen molar-refractivity contribution < 1.29 is 9.18 Å². The third kappa shape index (κ3) is 4.55. The minimum Gasteiger partial charge on any atom is -0.353 e. The van der Waals surface area contributed by atoms with E-state index < -0.39 is 0 Å². The molecule has 2 atom stereocenters. The van der Waals surface area contributed by atoms with Gasteiger partial charge in [0.2, 0.25) is 5.91 Å². The van der Waals surface area contributed by atoms with Crippen molar-refractivity contribution in [3.63, 3.8) is 0 Å². The summed E-state index contributed by atoms with van der Waals surface area (Å²) < 4.78 is 13.2. The molecule has 1 aliphatic carbocycles. The molecule has 2 rings (SSSR count). The molecule has 1 N–H and O–H groups in total. The molecule has 1 aromatic rings. The van der Waals surface area contributed by atoms with Gasteiger partial charge in [0.15, 0.2) is 0 Å². The summed E-state index contributed by atoms with van der Waals surface area (Å²) >= 11 is 0. The highest BCUT2D eigenvalue weighted by molar-refractivity contribution is 5.78. The van der Waals surface area contributed by atoms with Crippen LogP contribution in [0.3, 0.4) is 0 Å². The van der Waals surface area contributed by atoms with Crippen LogP contribution in [-0.4, -0.2) is 11.9 Å². The molecule has 0 bridgehead atoms. The number of benzene rings is 1. The lowest BCUT2D eigenvalue weighted by Crippen LogP contribution is -2.47. The maximum atomic E-state index is 13.2. The van der Waals surface area contributed by atoms with Gasteiger partial charge in [0.25, 0.3) is 0 Å². The van der Waals surface area contributed by atoms with E-state index in [1.54, 1.807) is 12.1 Å². The van der Waals surface area contributed by atoms with E-state index in [0.717, 1.165) is 12.0 Å². The summed E-state index contributed by atoms with van der Waals surface area (Å²) in [5, 5.41) is 3.18. The first kappa shape index (κ1) is 16.0. The van der Waals surface area contributed by atoms with Crippen LogP contribution in [0.4, 0.5) is 4.39 Å². The zero-order valence-corrected chi connectivity index (χ0v) is 13.3. The molecule has 2 unspecified atom stereocenters. The maximum absolute atomic E-state index is 13.2. The molecular weight excluding hydrogens is 265 g/mol. The first-order chi connectivity index (χ1) is 9.86. The third-order valence-corrected chi connectivity index (χ3v) is 4.48. The monoisotopic (exact) mass is 291 g/mol. The van der Waals surface area contributed by atoms with Gasteiger partial charge in [0.05, 0.1) is 6.42 Å². The van der Waals surface area contributed by atoms with Crippen molar-refractivity contribution in [2.24, 2.45) is 11.3 Å². The van der Waals surface area contributed by atoms with E-state index in [2.05, 4.69) is 26.1 Å². The Morgan fingerprint density at radius 1 is 1.29 bits per heavy atom. The smallest absolute Gasteiger partial charge is 0.224 e. The molecule has 116 valence electrons. The molecule has 1 fully saturated rings. The fraction of sp³-hybridized carbons (Fsp3) is 0.611. The van der Waals surface area contributed by atoms with Gasteiger partial charge < -0.3 is 5.32 Å². The standard InChI is InChI=1S/C18H26FNO/c1-18(2,3)15-9-4-5-10-16(15)20-17(21)12-13-7-6-8-14(19)11-13/h6-8,11,15-16H,4-5,9-10,12H2,1-3H3,(H,20,21). The van der Waals surface area contributed by atoms with Crippen molar-refractivity contribution in [2.75, 3.05) is 0 Å². The fourth-order valence-electron chi connectivity index (χ4n) is 3.43. The third-order valence-electron chi connectivity index (χ3n) is 4.48. The average molecular weight is 291 g/mol. The number of nitrogens with one attached hydrogen (secondary N) is 1. The summed E-state index contributed by atoms with van der Waals surface area (Å²) in [5.74, 6) is 0.231. The van der Waals surface area contributed by atoms with Crippen LogP contribution >= 0.6 is 0 Å². The Hall–Kier alpha value is -1.38. The summed E-state index contributed by atoms with van der Waals surface area (Å²) in [6.07, 6.45) is 4.91. The van der Waals surface area contributed by atoms with Crippen molar-refractivity contribution in [2.45, 2.75) is 58.9 Å². The highest BCUT2D eigenvalue weighted by Crippen LogP contribution is 2.37. The number of carbonyl (C=O) groups excluding carboxylic acids is 1. The molecule has 0 saturated heterocycles. The van der Waals surface area contributed by atoms with Crippen LogP contribution in [0.25, 0.3) is 0 Å². The predicted molar refractivity (Wildman–Crippen MR) is 83.4 cm³/mol. The van der Waals surface area contributed by atoms with Crippen molar-refractivity contribution >= 4 is 5.91 Å². The second kappa shape index (κ2) is 6.59. The molecule has 0 heterocycles. The molecule has 1 amide bonds. The Balaban J connectivity index is 1.97. The van der Waals surface area contributed by atoms with Gasteiger partial charge in [-0.1, -0.05) is 45.7 Å². The van der Waals surface area contributed by atoms with Gasteiger partial charge in [-0.2, -0.15) is 0 Å². The molecule has 2 nitrogen and oxygen atoms in total. The molecule has 0 aliphatic heterocycles. The van der Waals surface area contributed by atoms with Crippen molar-refractivity contribution in [1.82, 2.24) is 5.32 Å². The minimum atomic E-state index is -0.287. The van der Waals surface area contributed by atoms with E-state index in [0.29, 0.717) is 5.92 Å².